The second kappa shape index (κ2) is 7.29. The smallest absolute Gasteiger partial charge is 0.323 e. The van der Waals surface area contributed by atoms with Crippen LogP contribution in [0.15, 0.2) is 11.4 Å². The van der Waals surface area contributed by atoms with Crippen LogP contribution in [0.25, 0.3) is 0 Å². The van der Waals surface area contributed by atoms with Crippen LogP contribution in [0.2, 0.25) is 0 Å². The first-order valence-electron chi connectivity index (χ1n) is 6.82. The number of fused-ring (bicyclic) bond motifs is 1. The van der Waals surface area contributed by atoms with Gasteiger partial charge in [-0.05, 0) is 43.3 Å². The van der Waals surface area contributed by atoms with E-state index in [0.29, 0.717) is 13.1 Å². The highest BCUT2D eigenvalue weighted by molar-refractivity contribution is 8.00. The summed E-state index contributed by atoms with van der Waals surface area (Å²) >= 11 is 3.30. The number of amides is 1. The fraction of sp³-hybridized carbons (Fsp3) is 0.571. The molecule has 0 radical (unpaired) electrons. The molecule has 1 unspecified atom stereocenters. The van der Waals surface area contributed by atoms with Crippen LogP contribution in [-0.2, 0) is 16.0 Å². The van der Waals surface area contributed by atoms with E-state index in [0.717, 1.165) is 17.7 Å². The molecule has 1 aromatic rings. The summed E-state index contributed by atoms with van der Waals surface area (Å²) in [4.78, 5) is 28.4. The van der Waals surface area contributed by atoms with Crippen LogP contribution in [0.5, 0.6) is 0 Å². The number of carboxylic acid groups (broad SMARTS) is 1. The van der Waals surface area contributed by atoms with E-state index in [-0.39, 0.29) is 17.7 Å². The fourth-order valence-electron chi connectivity index (χ4n) is 2.27. The maximum atomic E-state index is 12.7. The van der Waals surface area contributed by atoms with Crippen molar-refractivity contribution in [2.45, 2.75) is 11.7 Å². The lowest BCUT2D eigenvalue weighted by Gasteiger charge is -2.29. The number of carbonyl (C=O) groups is 2. The van der Waals surface area contributed by atoms with E-state index < -0.39 is 5.97 Å². The van der Waals surface area contributed by atoms with Gasteiger partial charge >= 0.3 is 5.97 Å². The fourth-order valence-corrected chi connectivity index (χ4v) is 4.64. The highest BCUT2D eigenvalue weighted by Gasteiger charge is 2.32. The zero-order chi connectivity index (χ0) is 15.4. The van der Waals surface area contributed by atoms with Crippen LogP contribution in [0, 0.1) is 0 Å². The Morgan fingerprint density at radius 2 is 2.14 bits per heavy atom. The third kappa shape index (κ3) is 4.21. The van der Waals surface area contributed by atoms with Gasteiger partial charge in [-0.3, -0.25) is 9.59 Å². The molecule has 1 aliphatic heterocycles. The second-order valence-electron chi connectivity index (χ2n) is 5.26. The van der Waals surface area contributed by atoms with E-state index in [1.54, 1.807) is 23.1 Å². The topological polar surface area (TPSA) is 60.9 Å². The van der Waals surface area contributed by atoms with Gasteiger partial charge in [-0.25, -0.2) is 0 Å². The van der Waals surface area contributed by atoms with Crippen molar-refractivity contribution >= 4 is 35.0 Å². The quantitative estimate of drug-likeness (QED) is 0.858. The predicted molar refractivity (Wildman–Crippen MR) is 86.0 cm³/mol. The predicted octanol–water partition coefficient (Wildman–Crippen LogP) is 1.55. The zero-order valence-electron chi connectivity index (χ0n) is 12.2. The molecule has 0 aromatic carbocycles. The van der Waals surface area contributed by atoms with Gasteiger partial charge in [0.1, 0.15) is 11.8 Å². The first-order valence-corrected chi connectivity index (χ1v) is 8.75. The Kier molecular flexibility index (Phi) is 5.66. The van der Waals surface area contributed by atoms with Crippen molar-refractivity contribution in [1.82, 2.24) is 9.80 Å². The highest BCUT2D eigenvalue weighted by atomic mass is 32.2. The average Bonchev–Trinajstić information content (AvgIpc) is 2.90. The maximum absolute atomic E-state index is 12.7. The van der Waals surface area contributed by atoms with Crippen molar-refractivity contribution in [2.75, 3.05) is 39.5 Å². The van der Waals surface area contributed by atoms with E-state index in [1.165, 1.54) is 9.78 Å². The molecule has 0 aliphatic carbocycles. The molecule has 1 aliphatic rings. The number of thiophene rings is 1. The standard InChI is InChI=1S/C14H20N2O3S2/c1-15(2)5-6-16(9-12(17)18)14(19)13-10-3-7-20-11(10)4-8-21-13/h3,7,13H,4-6,8-9H2,1-2H3,(H,17,18). The maximum Gasteiger partial charge on any atom is 0.323 e. The van der Waals surface area contributed by atoms with E-state index >= 15 is 0 Å². The highest BCUT2D eigenvalue weighted by Crippen LogP contribution is 2.40. The van der Waals surface area contributed by atoms with E-state index in [1.807, 2.05) is 30.4 Å². The van der Waals surface area contributed by atoms with Crippen molar-refractivity contribution < 1.29 is 14.7 Å². The molecule has 0 fully saturated rings. The number of aliphatic carboxylic acids is 1. The number of rotatable bonds is 6. The lowest BCUT2D eigenvalue weighted by molar-refractivity contribution is -0.144. The molecule has 116 valence electrons. The second-order valence-corrected chi connectivity index (χ2v) is 7.47. The summed E-state index contributed by atoms with van der Waals surface area (Å²) in [7, 11) is 3.82. The van der Waals surface area contributed by atoms with Gasteiger partial charge in [0.2, 0.25) is 5.91 Å². The van der Waals surface area contributed by atoms with Crippen LogP contribution < -0.4 is 0 Å². The number of likely N-dealkylation sites (N-methyl/N-ethyl adjacent to an activating group) is 1. The molecular weight excluding hydrogens is 308 g/mol. The minimum Gasteiger partial charge on any atom is -0.480 e. The molecule has 5 nitrogen and oxygen atoms in total. The summed E-state index contributed by atoms with van der Waals surface area (Å²) in [5.74, 6) is -0.129. The minimum atomic E-state index is -0.964. The molecule has 1 atom stereocenters. The third-order valence-corrected chi connectivity index (χ3v) is 5.58. The van der Waals surface area contributed by atoms with Gasteiger partial charge in [0.15, 0.2) is 0 Å². The van der Waals surface area contributed by atoms with Crippen LogP contribution >= 0.6 is 23.1 Å². The Morgan fingerprint density at radius 3 is 2.81 bits per heavy atom. The van der Waals surface area contributed by atoms with Crippen molar-refractivity contribution in [2.24, 2.45) is 0 Å². The third-order valence-electron chi connectivity index (χ3n) is 3.36. The molecule has 2 heterocycles. The summed E-state index contributed by atoms with van der Waals surface area (Å²) in [5, 5.41) is 10.8. The molecule has 2 rings (SSSR count). The molecule has 0 saturated heterocycles. The van der Waals surface area contributed by atoms with Crippen LogP contribution in [0.4, 0.5) is 0 Å². The number of thioether (sulfide) groups is 1. The summed E-state index contributed by atoms with van der Waals surface area (Å²) in [5.41, 5.74) is 1.07. The summed E-state index contributed by atoms with van der Waals surface area (Å²) in [6, 6.07) is 2.00. The summed E-state index contributed by atoms with van der Waals surface area (Å²) in [6.45, 7) is 0.866. The SMILES string of the molecule is CN(C)CCN(CC(=O)O)C(=O)C1SCCc2sccc21. The Morgan fingerprint density at radius 1 is 1.38 bits per heavy atom. The normalized spacial score (nSPS) is 17.6. The molecule has 0 spiro atoms. The van der Waals surface area contributed by atoms with Gasteiger partial charge in [0.25, 0.3) is 0 Å². The van der Waals surface area contributed by atoms with Crippen molar-refractivity contribution in [3.63, 3.8) is 0 Å². The lowest BCUT2D eigenvalue weighted by atomic mass is 10.1. The number of carboxylic acids is 1. The summed E-state index contributed by atoms with van der Waals surface area (Å²) < 4.78 is 0. The summed E-state index contributed by atoms with van der Waals surface area (Å²) in [6.07, 6.45) is 0.998. The Hall–Kier alpha value is -1.05. The zero-order valence-corrected chi connectivity index (χ0v) is 13.9. The number of carbonyl (C=O) groups excluding carboxylic acids is 1. The van der Waals surface area contributed by atoms with E-state index in [9.17, 15) is 9.59 Å². The average molecular weight is 328 g/mol. The van der Waals surface area contributed by atoms with Gasteiger partial charge in [0.05, 0.1) is 0 Å². The van der Waals surface area contributed by atoms with Gasteiger partial charge in [-0.15, -0.1) is 23.1 Å². The lowest BCUT2D eigenvalue weighted by Crippen LogP contribution is -2.42. The molecule has 0 saturated carbocycles. The van der Waals surface area contributed by atoms with E-state index in [2.05, 4.69) is 0 Å². The van der Waals surface area contributed by atoms with Crippen molar-refractivity contribution in [1.29, 1.82) is 0 Å². The van der Waals surface area contributed by atoms with Gasteiger partial charge < -0.3 is 14.9 Å². The molecule has 21 heavy (non-hydrogen) atoms. The Bertz CT molecular complexity index is 516. The molecular formula is C14H20N2O3S2. The Balaban J connectivity index is 2.13. The van der Waals surface area contributed by atoms with Crippen LogP contribution in [0.3, 0.4) is 0 Å². The number of aryl methyl sites for hydroxylation is 1. The van der Waals surface area contributed by atoms with Crippen LogP contribution in [0.1, 0.15) is 15.7 Å². The molecule has 1 N–H and O–H groups in total. The minimum absolute atomic E-state index is 0.0800. The van der Waals surface area contributed by atoms with Crippen molar-refractivity contribution in [3.05, 3.63) is 21.9 Å². The Labute approximate surface area is 132 Å². The van der Waals surface area contributed by atoms with Gasteiger partial charge in [0, 0.05) is 18.0 Å². The molecule has 1 amide bonds. The van der Waals surface area contributed by atoms with Gasteiger partial charge in [-0.2, -0.15) is 0 Å². The first kappa shape index (κ1) is 16.3. The largest absolute Gasteiger partial charge is 0.480 e. The number of nitrogens with zero attached hydrogens (tertiary/aromatic N) is 2. The van der Waals surface area contributed by atoms with Crippen LogP contribution in [-0.4, -0.2) is 66.3 Å². The van der Waals surface area contributed by atoms with Crippen molar-refractivity contribution in [3.8, 4) is 0 Å². The number of hydrogen-bond donors (Lipinski definition) is 1. The molecule has 0 bridgehead atoms. The number of hydrogen-bond acceptors (Lipinski definition) is 5. The molecule has 7 heteroatoms. The monoisotopic (exact) mass is 328 g/mol. The molecule has 1 aromatic heterocycles. The van der Waals surface area contributed by atoms with E-state index in [4.69, 9.17) is 5.11 Å². The first-order chi connectivity index (χ1) is 9.99. The van der Waals surface area contributed by atoms with Gasteiger partial charge in [-0.1, -0.05) is 0 Å².